The Morgan fingerprint density at radius 1 is 1.06 bits per heavy atom. The monoisotopic (exact) mass is 221 g/mol. The number of aromatic nitrogens is 2. The minimum Gasteiger partial charge on any atom is -0.319 e. The van der Waals surface area contributed by atoms with Crippen molar-refractivity contribution in [1.82, 2.24) is 9.97 Å². The molecule has 0 fully saturated rings. The van der Waals surface area contributed by atoms with E-state index in [0.29, 0.717) is 11.3 Å². The van der Waals surface area contributed by atoms with Crippen molar-refractivity contribution in [3.8, 4) is 0 Å². The molecule has 1 aromatic heterocycles. The van der Waals surface area contributed by atoms with Crippen molar-refractivity contribution < 1.29 is 8.78 Å². The van der Waals surface area contributed by atoms with Crippen LogP contribution < -0.4 is 5.73 Å². The van der Waals surface area contributed by atoms with Crippen LogP contribution in [-0.4, -0.2) is 9.97 Å². The van der Waals surface area contributed by atoms with E-state index in [2.05, 4.69) is 9.97 Å². The maximum Gasteiger partial charge on any atom is 0.126 e. The molecule has 1 aromatic carbocycles. The number of nitrogens with zero attached hydrogens (tertiary/aromatic N) is 2. The van der Waals surface area contributed by atoms with E-state index in [1.165, 1.54) is 30.7 Å². The summed E-state index contributed by atoms with van der Waals surface area (Å²) in [7, 11) is 0. The molecule has 1 atom stereocenters. The van der Waals surface area contributed by atoms with Gasteiger partial charge in [0.1, 0.15) is 11.6 Å². The number of benzene rings is 1. The Hall–Kier alpha value is -1.88. The highest BCUT2D eigenvalue weighted by molar-refractivity contribution is 5.27. The molecule has 0 spiro atoms. The predicted molar refractivity (Wildman–Crippen MR) is 54.4 cm³/mol. The Bertz CT molecular complexity index is 468. The van der Waals surface area contributed by atoms with E-state index < -0.39 is 17.7 Å². The number of hydrogen-bond donors (Lipinski definition) is 1. The smallest absolute Gasteiger partial charge is 0.126 e. The lowest BCUT2D eigenvalue weighted by molar-refractivity contribution is 0.577. The quantitative estimate of drug-likeness (QED) is 0.841. The van der Waals surface area contributed by atoms with Gasteiger partial charge in [-0.05, 0) is 17.7 Å². The van der Waals surface area contributed by atoms with Gasteiger partial charge in [0, 0.05) is 18.5 Å². The van der Waals surface area contributed by atoms with Crippen molar-refractivity contribution in [3.05, 3.63) is 59.7 Å². The highest BCUT2D eigenvalue weighted by Gasteiger charge is 2.12. The summed E-state index contributed by atoms with van der Waals surface area (Å²) in [5, 5.41) is 0. The number of halogens is 2. The van der Waals surface area contributed by atoms with Gasteiger partial charge in [0.05, 0.1) is 17.9 Å². The van der Waals surface area contributed by atoms with Crippen LogP contribution >= 0.6 is 0 Å². The lowest BCUT2D eigenvalue weighted by atomic mass is 10.0. The van der Waals surface area contributed by atoms with E-state index in [1.54, 1.807) is 0 Å². The minimum atomic E-state index is -0.682. The van der Waals surface area contributed by atoms with E-state index in [9.17, 15) is 8.78 Å². The Morgan fingerprint density at radius 2 is 1.75 bits per heavy atom. The summed E-state index contributed by atoms with van der Waals surface area (Å²) in [5.74, 6) is -1.32. The number of hydrogen-bond acceptors (Lipinski definition) is 3. The zero-order valence-electron chi connectivity index (χ0n) is 8.27. The summed E-state index contributed by atoms with van der Waals surface area (Å²) in [4.78, 5) is 7.83. The second kappa shape index (κ2) is 4.32. The van der Waals surface area contributed by atoms with E-state index in [1.807, 2.05) is 0 Å². The first-order chi connectivity index (χ1) is 7.66. The third kappa shape index (κ3) is 2.20. The summed E-state index contributed by atoms with van der Waals surface area (Å²) >= 11 is 0. The Morgan fingerprint density at radius 3 is 2.31 bits per heavy atom. The van der Waals surface area contributed by atoms with Crippen LogP contribution in [0.2, 0.25) is 0 Å². The van der Waals surface area contributed by atoms with Gasteiger partial charge in [-0.3, -0.25) is 9.97 Å². The third-order valence-electron chi connectivity index (χ3n) is 2.15. The zero-order chi connectivity index (χ0) is 11.5. The van der Waals surface area contributed by atoms with Gasteiger partial charge in [0.15, 0.2) is 0 Å². The molecule has 1 unspecified atom stereocenters. The van der Waals surface area contributed by atoms with Gasteiger partial charge in [0.25, 0.3) is 0 Å². The fourth-order valence-corrected chi connectivity index (χ4v) is 1.40. The van der Waals surface area contributed by atoms with Crippen LogP contribution in [0.4, 0.5) is 8.78 Å². The van der Waals surface area contributed by atoms with Crippen LogP contribution in [0.3, 0.4) is 0 Å². The van der Waals surface area contributed by atoms with Crippen LogP contribution in [0, 0.1) is 11.6 Å². The van der Waals surface area contributed by atoms with Crippen molar-refractivity contribution in [1.29, 1.82) is 0 Å². The molecule has 3 nitrogen and oxygen atoms in total. The molecule has 0 amide bonds. The van der Waals surface area contributed by atoms with Gasteiger partial charge in [-0.25, -0.2) is 8.78 Å². The van der Waals surface area contributed by atoms with Crippen molar-refractivity contribution in [2.45, 2.75) is 6.04 Å². The molecule has 0 bridgehead atoms. The molecule has 2 rings (SSSR count). The molecule has 0 saturated carbocycles. The lowest BCUT2D eigenvalue weighted by Gasteiger charge is -2.10. The predicted octanol–water partition coefficient (Wildman–Crippen LogP) is 1.80. The van der Waals surface area contributed by atoms with E-state index in [-0.39, 0.29) is 0 Å². The zero-order valence-corrected chi connectivity index (χ0v) is 8.27. The van der Waals surface area contributed by atoms with Crippen molar-refractivity contribution in [2.75, 3.05) is 0 Å². The van der Waals surface area contributed by atoms with Gasteiger partial charge in [0.2, 0.25) is 0 Å². The molecular weight excluding hydrogens is 212 g/mol. The van der Waals surface area contributed by atoms with Gasteiger partial charge < -0.3 is 5.73 Å². The van der Waals surface area contributed by atoms with Crippen LogP contribution in [0.5, 0.6) is 0 Å². The molecular formula is C11H9F2N3. The van der Waals surface area contributed by atoms with E-state index >= 15 is 0 Å². The van der Waals surface area contributed by atoms with Crippen LogP contribution in [0.25, 0.3) is 0 Å². The Kier molecular flexibility index (Phi) is 2.87. The largest absolute Gasteiger partial charge is 0.319 e. The molecule has 0 aliphatic carbocycles. The summed E-state index contributed by atoms with van der Waals surface area (Å²) in [6.07, 6.45) is 4.45. The van der Waals surface area contributed by atoms with Gasteiger partial charge in [-0.2, -0.15) is 0 Å². The standard InChI is InChI=1S/C11H9F2N3/c12-8-3-7(4-9(13)5-8)11(14)10-6-15-1-2-16-10/h1-6,11H,14H2. The number of rotatable bonds is 2. The molecule has 0 saturated heterocycles. The fourth-order valence-electron chi connectivity index (χ4n) is 1.40. The third-order valence-corrected chi connectivity index (χ3v) is 2.15. The SMILES string of the molecule is NC(c1cc(F)cc(F)c1)c1cnccn1. The maximum atomic E-state index is 13.0. The average Bonchev–Trinajstić information content (AvgIpc) is 2.28. The molecule has 0 aliphatic heterocycles. The van der Waals surface area contributed by atoms with Crippen LogP contribution in [0.1, 0.15) is 17.3 Å². The van der Waals surface area contributed by atoms with Crippen LogP contribution in [0.15, 0.2) is 36.8 Å². The molecule has 16 heavy (non-hydrogen) atoms. The molecule has 0 aliphatic rings. The highest BCUT2D eigenvalue weighted by Crippen LogP contribution is 2.18. The fraction of sp³-hybridized carbons (Fsp3) is 0.0909. The van der Waals surface area contributed by atoms with Gasteiger partial charge in [-0.1, -0.05) is 0 Å². The summed E-state index contributed by atoms with van der Waals surface area (Å²) in [6, 6.07) is 2.48. The van der Waals surface area contributed by atoms with Crippen molar-refractivity contribution >= 4 is 0 Å². The summed E-state index contributed by atoms with van der Waals surface area (Å²) in [5.41, 5.74) is 6.62. The average molecular weight is 221 g/mol. The summed E-state index contributed by atoms with van der Waals surface area (Å²) < 4.78 is 25.9. The second-order valence-electron chi connectivity index (χ2n) is 3.31. The first-order valence-electron chi connectivity index (χ1n) is 4.64. The van der Waals surface area contributed by atoms with Gasteiger partial charge in [-0.15, -0.1) is 0 Å². The van der Waals surface area contributed by atoms with Crippen molar-refractivity contribution in [2.24, 2.45) is 5.73 Å². The molecule has 2 aromatic rings. The maximum absolute atomic E-state index is 13.0. The summed E-state index contributed by atoms with van der Waals surface area (Å²) in [6.45, 7) is 0. The Labute approximate surface area is 91.0 Å². The molecule has 82 valence electrons. The second-order valence-corrected chi connectivity index (χ2v) is 3.31. The van der Waals surface area contributed by atoms with Crippen molar-refractivity contribution in [3.63, 3.8) is 0 Å². The molecule has 0 radical (unpaired) electrons. The van der Waals surface area contributed by atoms with Crippen LogP contribution in [-0.2, 0) is 0 Å². The molecule has 5 heteroatoms. The first-order valence-corrected chi connectivity index (χ1v) is 4.64. The number of nitrogens with two attached hydrogens (primary N) is 1. The topological polar surface area (TPSA) is 51.8 Å². The van der Waals surface area contributed by atoms with E-state index in [4.69, 9.17) is 5.73 Å². The minimum absolute atomic E-state index is 0.331. The highest BCUT2D eigenvalue weighted by atomic mass is 19.1. The lowest BCUT2D eigenvalue weighted by Crippen LogP contribution is -2.14. The normalized spacial score (nSPS) is 12.4. The molecule has 1 heterocycles. The molecule has 2 N–H and O–H groups in total. The first kappa shape index (κ1) is 10.6. The van der Waals surface area contributed by atoms with Gasteiger partial charge >= 0.3 is 0 Å². The van der Waals surface area contributed by atoms with E-state index in [0.717, 1.165) is 6.07 Å². The Balaban J connectivity index is 2.37.